The Hall–Kier alpha value is -4.70. The molecule has 2 atom stereocenters. The summed E-state index contributed by atoms with van der Waals surface area (Å²) in [5.74, 6) is 5.04. The summed E-state index contributed by atoms with van der Waals surface area (Å²) in [5, 5.41) is 0. The standard InChI is InChI=1S/C32H22O3/c1-3-29(25-17-11-19-27(21-25)31(33)23-13-7-5-8-14-23)35-30(4-2)26-18-12-20-28(22-26)32(34)24-15-9-6-10-16-24/h1-2,5-22,29-30H. The van der Waals surface area contributed by atoms with Crippen LogP contribution in [0.1, 0.15) is 55.2 Å². The number of rotatable bonds is 8. The predicted molar refractivity (Wildman–Crippen MR) is 137 cm³/mol. The zero-order valence-electron chi connectivity index (χ0n) is 18.9. The fourth-order valence-electron chi connectivity index (χ4n) is 3.76. The zero-order valence-corrected chi connectivity index (χ0v) is 18.9. The summed E-state index contributed by atoms with van der Waals surface area (Å²) in [6.07, 6.45) is 10.0. The lowest BCUT2D eigenvalue weighted by Gasteiger charge is -2.19. The Morgan fingerprint density at radius 1 is 0.543 bits per heavy atom. The highest BCUT2D eigenvalue weighted by atomic mass is 16.5. The number of ether oxygens (including phenoxy) is 1. The molecule has 0 spiro atoms. The van der Waals surface area contributed by atoms with Gasteiger partial charge in [0.15, 0.2) is 11.6 Å². The number of ketones is 2. The number of carbonyl (C=O) groups is 2. The molecule has 0 amide bonds. The van der Waals surface area contributed by atoms with E-state index in [1.807, 2.05) is 36.4 Å². The van der Waals surface area contributed by atoms with E-state index in [-0.39, 0.29) is 11.6 Å². The van der Waals surface area contributed by atoms with Crippen LogP contribution in [0.3, 0.4) is 0 Å². The van der Waals surface area contributed by atoms with Gasteiger partial charge in [-0.1, -0.05) is 109 Å². The minimum absolute atomic E-state index is 0.108. The van der Waals surface area contributed by atoms with Crippen molar-refractivity contribution >= 4 is 11.6 Å². The smallest absolute Gasteiger partial charge is 0.193 e. The summed E-state index contributed by atoms with van der Waals surface area (Å²) in [5.41, 5.74) is 3.47. The molecule has 0 N–H and O–H groups in total. The first-order chi connectivity index (χ1) is 17.1. The van der Waals surface area contributed by atoms with Gasteiger partial charge in [0, 0.05) is 22.3 Å². The van der Waals surface area contributed by atoms with Crippen LogP contribution in [0.2, 0.25) is 0 Å². The van der Waals surface area contributed by atoms with Gasteiger partial charge < -0.3 is 4.74 Å². The summed E-state index contributed by atoms with van der Waals surface area (Å²) in [7, 11) is 0. The first-order valence-corrected chi connectivity index (χ1v) is 11.1. The van der Waals surface area contributed by atoms with Crippen LogP contribution in [0.25, 0.3) is 0 Å². The molecule has 0 saturated carbocycles. The van der Waals surface area contributed by atoms with Gasteiger partial charge in [-0.25, -0.2) is 0 Å². The second kappa shape index (κ2) is 10.9. The van der Waals surface area contributed by atoms with Gasteiger partial charge in [-0.2, -0.15) is 0 Å². The highest BCUT2D eigenvalue weighted by molar-refractivity contribution is 6.09. The van der Waals surface area contributed by atoms with Crippen molar-refractivity contribution in [3.05, 3.63) is 143 Å². The van der Waals surface area contributed by atoms with Crippen molar-refractivity contribution < 1.29 is 14.3 Å². The molecule has 0 aromatic heterocycles. The van der Waals surface area contributed by atoms with Crippen molar-refractivity contribution in [2.75, 3.05) is 0 Å². The largest absolute Gasteiger partial charge is 0.340 e. The molecule has 0 bridgehead atoms. The zero-order chi connectivity index (χ0) is 24.6. The molecule has 3 heteroatoms. The van der Waals surface area contributed by atoms with Gasteiger partial charge in [0.1, 0.15) is 12.2 Å². The third-order valence-corrected chi connectivity index (χ3v) is 5.55. The fraction of sp³-hybridized carbons (Fsp3) is 0.0625. The molecular formula is C32H22O3. The van der Waals surface area contributed by atoms with E-state index >= 15 is 0 Å². The molecule has 35 heavy (non-hydrogen) atoms. The van der Waals surface area contributed by atoms with E-state index in [1.165, 1.54) is 0 Å². The van der Waals surface area contributed by atoms with Crippen molar-refractivity contribution in [3.63, 3.8) is 0 Å². The predicted octanol–water partition coefficient (Wildman–Crippen LogP) is 6.21. The van der Waals surface area contributed by atoms with Crippen LogP contribution in [0.4, 0.5) is 0 Å². The fourth-order valence-corrected chi connectivity index (χ4v) is 3.76. The second-order valence-electron chi connectivity index (χ2n) is 7.87. The summed E-state index contributed by atoms with van der Waals surface area (Å²) in [6.45, 7) is 0. The van der Waals surface area contributed by atoms with Crippen LogP contribution in [0.5, 0.6) is 0 Å². The summed E-state index contributed by atoms with van der Waals surface area (Å²) < 4.78 is 6.11. The lowest BCUT2D eigenvalue weighted by Crippen LogP contribution is -2.10. The minimum Gasteiger partial charge on any atom is -0.340 e. The number of hydrogen-bond donors (Lipinski definition) is 0. The molecule has 3 nitrogen and oxygen atoms in total. The second-order valence-corrected chi connectivity index (χ2v) is 7.87. The molecule has 0 fully saturated rings. The third kappa shape index (κ3) is 5.45. The van der Waals surface area contributed by atoms with E-state index in [1.54, 1.807) is 72.8 Å². The summed E-state index contributed by atoms with van der Waals surface area (Å²) >= 11 is 0. The van der Waals surface area contributed by atoms with E-state index in [0.29, 0.717) is 33.4 Å². The SMILES string of the molecule is C#CC(OC(C#C)c1cccc(C(=O)c2ccccc2)c1)c1cccc(C(=O)c2ccccc2)c1. The lowest BCUT2D eigenvalue weighted by molar-refractivity contribution is 0.0515. The summed E-state index contributed by atoms with van der Waals surface area (Å²) in [4.78, 5) is 25.7. The lowest BCUT2D eigenvalue weighted by atomic mass is 9.98. The molecule has 168 valence electrons. The number of carbonyl (C=O) groups excluding carboxylic acids is 2. The first kappa shape index (κ1) is 23.5. The molecule has 0 heterocycles. The van der Waals surface area contributed by atoms with Crippen LogP contribution < -0.4 is 0 Å². The van der Waals surface area contributed by atoms with Crippen LogP contribution in [0.15, 0.2) is 109 Å². The molecule has 4 rings (SSSR count). The molecular weight excluding hydrogens is 432 g/mol. The number of hydrogen-bond acceptors (Lipinski definition) is 3. The van der Waals surface area contributed by atoms with Crippen LogP contribution in [-0.4, -0.2) is 11.6 Å². The van der Waals surface area contributed by atoms with Gasteiger partial charge in [0.05, 0.1) is 0 Å². The number of terminal acetylenes is 2. The van der Waals surface area contributed by atoms with Crippen molar-refractivity contribution in [2.45, 2.75) is 12.2 Å². The molecule has 0 radical (unpaired) electrons. The van der Waals surface area contributed by atoms with Crippen molar-refractivity contribution in [3.8, 4) is 24.7 Å². The molecule has 0 aliphatic carbocycles. The maximum atomic E-state index is 12.9. The quantitative estimate of drug-likeness (QED) is 0.235. The van der Waals surface area contributed by atoms with Gasteiger partial charge in [-0.15, -0.1) is 12.8 Å². The Bertz CT molecular complexity index is 1310. The van der Waals surface area contributed by atoms with E-state index in [2.05, 4.69) is 11.8 Å². The molecule has 0 saturated heterocycles. The van der Waals surface area contributed by atoms with Crippen LogP contribution in [-0.2, 0) is 4.74 Å². The van der Waals surface area contributed by atoms with E-state index in [4.69, 9.17) is 17.6 Å². The normalized spacial score (nSPS) is 12.1. The monoisotopic (exact) mass is 454 g/mol. The highest BCUT2D eigenvalue weighted by Crippen LogP contribution is 2.28. The molecule has 2 unspecified atom stereocenters. The van der Waals surface area contributed by atoms with Gasteiger partial charge >= 0.3 is 0 Å². The van der Waals surface area contributed by atoms with Crippen LogP contribution in [0, 0.1) is 24.7 Å². The van der Waals surface area contributed by atoms with Gasteiger partial charge in [-0.3, -0.25) is 9.59 Å². The minimum atomic E-state index is -0.784. The van der Waals surface area contributed by atoms with E-state index in [0.717, 1.165) is 0 Å². The Labute approximate surface area is 205 Å². The number of benzene rings is 4. The Balaban J connectivity index is 1.57. The van der Waals surface area contributed by atoms with Crippen molar-refractivity contribution in [1.82, 2.24) is 0 Å². The van der Waals surface area contributed by atoms with Crippen LogP contribution >= 0.6 is 0 Å². The topological polar surface area (TPSA) is 43.4 Å². The molecule has 4 aromatic rings. The highest BCUT2D eigenvalue weighted by Gasteiger charge is 2.20. The average molecular weight is 455 g/mol. The average Bonchev–Trinajstić information content (AvgIpc) is 2.94. The maximum Gasteiger partial charge on any atom is 0.193 e. The molecule has 0 aliphatic heterocycles. The Morgan fingerprint density at radius 3 is 1.29 bits per heavy atom. The van der Waals surface area contributed by atoms with Crippen molar-refractivity contribution in [1.29, 1.82) is 0 Å². The maximum absolute atomic E-state index is 12.9. The molecule has 0 aliphatic rings. The van der Waals surface area contributed by atoms with Gasteiger partial charge in [-0.05, 0) is 23.3 Å². The Morgan fingerprint density at radius 2 is 0.914 bits per heavy atom. The third-order valence-electron chi connectivity index (χ3n) is 5.55. The van der Waals surface area contributed by atoms with Gasteiger partial charge in [0.25, 0.3) is 0 Å². The van der Waals surface area contributed by atoms with E-state index in [9.17, 15) is 9.59 Å². The van der Waals surface area contributed by atoms with Gasteiger partial charge in [0.2, 0.25) is 0 Å². The molecule has 4 aromatic carbocycles. The van der Waals surface area contributed by atoms with Crippen molar-refractivity contribution in [2.24, 2.45) is 0 Å². The Kier molecular flexibility index (Phi) is 7.34. The first-order valence-electron chi connectivity index (χ1n) is 11.1. The summed E-state index contributed by atoms with van der Waals surface area (Å²) in [6, 6.07) is 32.1. The van der Waals surface area contributed by atoms with E-state index < -0.39 is 12.2 Å².